The molecule has 0 radical (unpaired) electrons. The Morgan fingerprint density at radius 2 is 1.56 bits per heavy atom. The van der Waals surface area contributed by atoms with E-state index in [1.54, 1.807) is 13.0 Å². The summed E-state index contributed by atoms with van der Waals surface area (Å²) in [6.45, 7) is 11.9. The number of rotatable bonds is 4. The molecule has 0 aromatic heterocycles. The van der Waals surface area contributed by atoms with E-state index in [9.17, 15) is 9.59 Å². The van der Waals surface area contributed by atoms with Crippen molar-refractivity contribution in [2.24, 2.45) is 0 Å². The molecule has 0 aliphatic carbocycles. The summed E-state index contributed by atoms with van der Waals surface area (Å²) in [6, 6.07) is 0. The van der Waals surface area contributed by atoms with Crippen LogP contribution in [0.5, 0.6) is 0 Å². The minimum absolute atomic E-state index is 0.347. The van der Waals surface area contributed by atoms with Gasteiger partial charge >= 0.3 is 11.9 Å². The third-order valence-corrected chi connectivity index (χ3v) is 1.40. The van der Waals surface area contributed by atoms with Crippen LogP contribution in [-0.2, 0) is 19.1 Å². The maximum atomic E-state index is 10.5. The van der Waals surface area contributed by atoms with Crippen molar-refractivity contribution in [3.8, 4) is 0 Å². The first-order valence-corrected chi connectivity index (χ1v) is 4.51. The molecule has 16 heavy (non-hydrogen) atoms. The summed E-state index contributed by atoms with van der Waals surface area (Å²) in [5.41, 5.74) is 0.870. The number of methoxy groups -OCH3 is 2. The van der Waals surface area contributed by atoms with Crippen molar-refractivity contribution in [2.75, 3.05) is 14.2 Å². The van der Waals surface area contributed by atoms with Crippen molar-refractivity contribution in [3.05, 3.63) is 37.0 Å². The van der Waals surface area contributed by atoms with Crippen molar-refractivity contribution in [1.29, 1.82) is 0 Å². The van der Waals surface area contributed by atoms with Crippen molar-refractivity contribution >= 4 is 11.9 Å². The SMILES string of the molecule is C=C(C)C(=O)OC.C=CCC(=C)C(=O)OC. The summed E-state index contributed by atoms with van der Waals surface area (Å²) in [7, 11) is 2.66. The molecule has 0 heterocycles. The number of esters is 2. The van der Waals surface area contributed by atoms with Gasteiger partial charge in [-0.05, 0) is 13.3 Å². The van der Waals surface area contributed by atoms with Crippen LogP contribution >= 0.6 is 0 Å². The second-order valence-corrected chi connectivity index (χ2v) is 2.86. The van der Waals surface area contributed by atoms with Crippen molar-refractivity contribution in [1.82, 2.24) is 0 Å². The van der Waals surface area contributed by atoms with Gasteiger partial charge < -0.3 is 9.47 Å². The summed E-state index contributed by atoms with van der Waals surface area (Å²) < 4.78 is 8.65. The van der Waals surface area contributed by atoms with Gasteiger partial charge in [-0.15, -0.1) is 6.58 Å². The van der Waals surface area contributed by atoms with Crippen LogP contribution in [0.3, 0.4) is 0 Å². The molecule has 0 N–H and O–H groups in total. The average Bonchev–Trinajstić information content (AvgIpc) is 2.27. The number of hydrogen-bond donors (Lipinski definition) is 0. The zero-order valence-electron chi connectivity index (χ0n) is 10.0. The molecule has 0 saturated carbocycles. The molecule has 0 aliphatic heterocycles. The quantitative estimate of drug-likeness (QED) is 0.418. The highest BCUT2D eigenvalue weighted by Gasteiger charge is 2.01. The van der Waals surface area contributed by atoms with Gasteiger partial charge in [-0.2, -0.15) is 0 Å². The lowest BCUT2D eigenvalue weighted by Crippen LogP contribution is -2.01. The van der Waals surface area contributed by atoms with Gasteiger partial charge in [0.2, 0.25) is 0 Å². The van der Waals surface area contributed by atoms with Gasteiger partial charge in [0.25, 0.3) is 0 Å². The molecule has 0 unspecified atom stereocenters. The van der Waals surface area contributed by atoms with Crippen molar-refractivity contribution in [2.45, 2.75) is 13.3 Å². The summed E-state index contributed by atoms with van der Waals surface area (Å²) in [4.78, 5) is 20.7. The predicted molar refractivity (Wildman–Crippen MR) is 62.8 cm³/mol. The third-order valence-electron chi connectivity index (χ3n) is 1.40. The van der Waals surface area contributed by atoms with E-state index in [0.717, 1.165) is 0 Å². The second-order valence-electron chi connectivity index (χ2n) is 2.86. The maximum Gasteiger partial charge on any atom is 0.333 e. The van der Waals surface area contributed by atoms with Crippen LogP contribution in [0.25, 0.3) is 0 Å². The highest BCUT2D eigenvalue weighted by molar-refractivity contribution is 5.87. The molecule has 0 rings (SSSR count). The summed E-state index contributed by atoms with van der Waals surface area (Å²) >= 11 is 0. The van der Waals surface area contributed by atoms with Gasteiger partial charge in [-0.3, -0.25) is 0 Å². The Balaban J connectivity index is 0. The first kappa shape index (κ1) is 16.6. The summed E-state index contributed by atoms with van der Waals surface area (Å²) in [5.74, 6) is -0.713. The molecule has 0 bridgehead atoms. The van der Waals surface area contributed by atoms with Crippen molar-refractivity contribution < 1.29 is 19.1 Å². The Kier molecular flexibility index (Phi) is 10.1. The van der Waals surface area contributed by atoms with Crippen LogP contribution < -0.4 is 0 Å². The minimum Gasteiger partial charge on any atom is -0.466 e. The number of hydrogen-bond acceptors (Lipinski definition) is 4. The third kappa shape index (κ3) is 8.74. The lowest BCUT2D eigenvalue weighted by atomic mass is 10.2. The Labute approximate surface area is 96.2 Å². The molecule has 0 atom stereocenters. The molecular formula is C12H18O4. The fourth-order valence-electron chi connectivity index (χ4n) is 0.576. The van der Waals surface area contributed by atoms with Crippen LogP contribution in [0, 0.1) is 0 Å². The van der Waals surface area contributed by atoms with Gasteiger partial charge in [0.1, 0.15) is 0 Å². The zero-order chi connectivity index (χ0) is 13.1. The van der Waals surface area contributed by atoms with Crippen LogP contribution in [0.15, 0.2) is 37.0 Å². The normalized spacial score (nSPS) is 7.94. The first-order chi connectivity index (χ1) is 7.40. The molecular weight excluding hydrogens is 208 g/mol. The Bertz CT molecular complexity index is 289. The maximum absolute atomic E-state index is 10.5. The van der Waals surface area contributed by atoms with E-state index in [1.807, 2.05) is 0 Å². The van der Waals surface area contributed by atoms with Gasteiger partial charge in [0.15, 0.2) is 0 Å². The van der Waals surface area contributed by atoms with E-state index in [2.05, 4.69) is 29.2 Å². The Morgan fingerprint density at radius 3 is 1.75 bits per heavy atom. The Morgan fingerprint density at radius 1 is 1.12 bits per heavy atom. The number of allylic oxidation sites excluding steroid dienone is 1. The average molecular weight is 226 g/mol. The van der Waals surface area contributed by atoms with Crippen LogP contribution in [0.1, 0.15) is 13.3 Å². The van der Waals surface area contributed by atoms with Gasteiger partial charge in [0.05, 0.1) is 14.2 Å². The highest BCUT2D eigenvalue weighted by atomic mass is 16.5. The zero-order valence-corrected chi connectivity index (χ0v) is 10.0. The number of ether oxygens (including phenoxy) is 2. The highest BCUT2D eigenvalue weighted by Crippen LogP contribution is 1.99. The van der Waals surface area contributed by atoms with E-state index in [1.165, 1.54) is 14.2 Å². The van der Waals surface area contributed by atoms with Gasteiger partial charge in [0, 0.05) is 11.1 Å². The molecule has 90 valence electrons. The monoisotopic (exact) mass is 226 g/mol. The molecule has 0 amide bonds. The van der Waals surface area contributed by atoms with E-state index in [-0.39, 0.29) is 11.9 Å². The molecule has 0 saturated heterocycles. The van der Waals surface area contributed by atoms with Gasteiger partial charge in [-0.25, -0.2) is 9.59 Å². The largest absolute Gasteiger partial charge is 0.466 e. The predicted octanol–water partition coefficient (Wildman–Crippen LogP) is 2.03. The molecule has 4 heteroatoms. The fraction of sp³-hybridized carbons (Fsp3) is 0.333. The number of carbonyl (C=O) groups is 2. The minimum atomic E-state index is -0.366. The molecule has 0 aromatic rings. The molecule has 0 fully saturated rings. The van der Waals surface area contributed by atoms with Crippen molar-refractivity contribution in [3.63, 3.8) is 0 Å². The number of carbonyl (C=O) groups excluding carboxylic acids is 2. The summed E-state index contributed by atoms with van der Waals surface area (Å²) in [5, 5.41) is 0. The van der Waals surface area contributed by atoms with E-state index >= 15 is 0 Å². The van der Waals surface area contributed by atoms with Crippen LogP contribution in [0.2, 0.25) is 0 Å². The fourth-order valence-corrected chi connectivity index (χ4v) is 0.576. The lowest BCUT2D eigenvalue weighted by molar-refractivity contribution is -0.136. The lowest BCUT2D eigenvalue weighted by Gasteiger charge is -1.96. The second kappa shape index (κ2) is 9.71. The smallest absolute Gasteiger partial charge is 0.333 e. The Hall–Kier alpha value is -1.84. The molecule has 0 spiro atoms. The first-order valence-electron chi connectivity index (χ1n) is 4.51. The van der Waals surface area contributed by atoms with Gasteiger partial charge in [-0.1, -0.05) is 19.2 Å². The van der Waals surface area contributed by atoms with E-state index < -0.39 is 0 Å². The standard InChI is InChI=1S/C7H10O2.C5H8O2/c1-4-5-6(2)7(8)9-3;1-4(2)5(6)7-3/h4H,1-2,5H2,3H3;1H2,2-3H3. The molecule has 0 aromatic carbocycles. The summed E-state index contributed by atoms with van der Waals surface area (Å²) in [6.07, 6.45) is 2.10. The topological polar surface area (TPSA) is 52.6 Å². The van der Waals surface area contributed by atoms with E-state index in [0.29, 0.717) is 17.6 Å². The van der Waals surface area contributed by atoms with E-state index in [4.69, 9.17) is 0 Å². The van der Waals surface area contributed by atoms with Crippen LogP contribution in [0.4, 0.5) is 0 Å². The molecule has 4 nitrogen and oxygen atoms in total. The molecule has 0 aliphatic rings. The van der Waals surface area contributed by atoms with Crippen LogP contribution in [-0.4, -0.2) is 26.2 Å².